The van der Waals surface area contributed by atoms with Gasteiger partial charge >= 0.3 is 0 Å². The Hall–Kier alpha value is -0.600. The maximum absolute atomic E-state index is 5.81. The molecule has 0 spiro atoms. The zero-order valence-electron chi connectivity index (χ0n) is 6.89. The number of aryl methyl sites for hydroxylation is 2. The maximum atomic E-state index is 5.81. The van der Waals surface area contributed by atoms with Crippen molar-refractivity contribution in [2.75, 3.05) is 0 Å². The van der Waals surface area contributed by atoms with E-state index in [0.717, 1.165) is 5.52 Å². The van der Waals surface area contributed by atoms with Gasteiger partial charge in [0.05, 0.1) is 10.2 Å². The van der Waals surface area contributed by atoms with Crippen molar-refractivity contribution in [3.63, 3.8) is 0 Å². The molecule has 3 heteroatoms. The number of thiazole rings is 1. The molecule has 0 saturated carbocycles. The highest BCUT2D eigenvalue weighted by molar-refractivity contribution is 7.22. The molecule has 1 aromatic heterocycles. The minimum Gasteiger partial charge on any atom is -0.225 e. The van der Waals surface area contributed by atoms with E-state index in [4.69, 9.17) is 11.6 Å². The molecule has 12 heavy (non-hydrogen) atoms. The summed E-state index contributed by atoms with van der Waals surface area (Å²) in [5.41, 5.74) is 3.59. The van der Waals surface area contributed by atoms with Gasteiger partial charge in [0.25, 0.3) is 0 Å². The van der Waals surface area contributed by atoms with E-state index in [1.165, 1.54) is 15.8 Å². The number of benzene rings is 1. The summed E-state index contributed by atoms with van der Waals surface area (Å²) in [5.74, 6) is 0. The highest BCUT2D eigenvalue weighted by atomic mass is 35.5. The van der Waals surface area contributed by atoms with Crippen molar-refractivity contribution in [2.24, 2.45) is 0 Å². The van der Waals surface area contributed by atoms with Gasteiger partial charge in [0.2, 0.25) is 0 Å². The first-order valence-electron chi connectivity index (χ1n) is 3.71. The van der Waals surface area contributed by atoms with E-state index in [-0.39, 0.29) is 0 Å². The summed E-state index contributed by atoms with van der Waals surface area (Å²) in [6.07, 6.45) is 0. The fourth-order valence-electron chi connectivity index (χ4n) is 1.19. The third-order valence-electron chi connectivity index (χ3n) is 2.05. The molecule has 0 radical (unpaired) electrons. The molecule has 1 aromatic carbocycles. The molecule has 0 N–H and O–H groups in total. The summed E-state index contributed by atoms with van der Waals surface area (Å²) in [4.78, 5) is 4.20. The summed E-state index contributed by atoms with van der Waals surface area (Å²) in [7, 11) is 0. The van der Waals surface area contributed by atoms with Crippen LogP contribution in [0.3, 0.4) is 0 Å². The van der Waals surface area contributed by atoms with Crippen molar-refractivity contribution in [3.05, 3.63) is 27.7 Å². The van der Waals surface area contributed by atoms with Crippen LogP contribution in [0, 0.1) is 13.8 Å². The van der Waals surface area contributed by atoms with Gasteiger partial charge in [0.1, 0.15) is 0 Å². The molecule has 0 fully saturated rings. The van der Waals surface area contributed by atoms with E-state index in [2.05, 4.69) is 24.9 Å². The van der Waals surface area contributed by atoms with Crippen LogP contribution < -0.4 is 0 Å². The molecule has 1 nitrogen and oxygen atoms in total. The molecule has 0 saturated heterocycles. The minimum absolute atomic E-state index is 0.624. The summed E-state index contributed by atoms with van der Waals surface area (Å²) in [6.45, 7) is 4.20. The number of hydrogen-bond donors (Lipinski definition) is 0. The van der Waals surface area contributed by atoms with E-state index < -0.39 is 0 Å². The molecule has 0 aliphatic carbocycles. The average molecular weight is 198 g/mol. The normalized spacial score (nSPS) is 10.9. The van der Waals surface area contributed by atoms with Gasteiger partial charge in [0, 0.05) is 0 Å². The quantitative estimate of drug-likeness (QED) is 0.629. The Morgan fingerprint density at radius 2 is 2.08 bits per heavy atom. The monoisotopic (exact) mass is 197 g/mol. The Morgan fingerprint density at radius 3 is 2.83 bits per heavy atom. The van der Waals surface area contributed by atoms with Gasteiger partial charge in [-0.25, -0.2) is 4.98 Å². The van der Waals surface area contributed by atoms with Crippen molar-refractivity contribution in [1.82, 2.24) is 4.98 Å². The fraction of sp³-hybridized carbons (Fsp3) is 0.222. The standard InChI is InChI=1S/C9H8ClNS/c1-5-3-4-7-8(6(5)2)12-9(10)11-7/h3-4H,1-2H3. The molecule has 0 unspecified atom stereocenters. The lowest BCUT2D eigenvalue weighted by atomic mass is 10.1. The van der Waals surface area contributed by atoms with Crippen LogP contribution in [0.25, 0.3) is 10.2 Å². The highest BCUT2D eigenvalue weighted by Gasteiger charge is 2.05. The molecule has 0 aliphatic heterocycles. The Balaban J connectivity index is 2.89. The first kappa shape index (κ1) is 8.02. The second-order valence-corrected chi connectivity index (χ2v) is 4.40. The maximum Gasteiger partial charge on any atom is 0.184 e. The number of halogens is 1. The predicted octanol–water partition coefficient (Wildman–Crippen LogP) is 3.57. The average Bonchev–Trinajstić information content (AvgIpc) is 2.39. The molecule has 2 aromatic rings. The lowest BCUT2D eigenvalue weighted by Gasteiger charge is -1.97. The summed E-state index contributed by atoms with van der Waals surface area (Å²) < 4.78 is 1.83. The SMILES string of the molecule is Cc1ccc2nc(Cl)sc2c1C. The number of rotatable bonds is 0. The lowest BCUT2D eigenvalue weighted by molar-refractivity contribution is 1.38. The van der Waals surface area contributed by atoms with Crippen molar-refractivity contribution < 1.29 is 0 Å². The summed E-state index contributed by atoms with van der Waals surface area (Å²) in [5, 5.41) is 0. The Bertz CT molecular complexity index is 433. The second-order valence-electron chi connectivity index (χ2n) is 2.82. The van der Waals surface area contributed by atoms with Gasteiger partial charge in [-0.2, -0.15) is 0 Å². The Labute approximate surface area is 80.0 Å². The Kier molecular flexibility index (Phi) is 1.81. The van der Waals surface area contributed by atoms with E-state index in [1.807, 2.05) is 6.07 Å². The molecule has 2 rings (SSSR count). The van der Waals surface area contributed by atoms with Crippen LogP contribution in [-0.4, -0.2) is 4.98 Å². The number of aromatic nitrogens is 1. The minimum atomic E-state index is 0.624. The van der Waals surface area contributed by atoms with Gasteiger partial charge in [0.15, 0.2) is 4.47 Å². The van der Waals surface area contributed by atoms with Gasteiger partial charge in [-0.1, -0.05) is 17.7 Å². The van der Waals surface area contributed by atoms with Crippen LogP contribution in [-0.2, 0) is 0 Å². The molecule has 0 atom stereocenters. The van der Waals surface area contributed by atoms with E-state index >= 15 is 0 Å². The zero-order chi connectivity index (χ0) is 8.72. The van der Waals surface area contributed by atoms with E-state index in [0.29, 0.717) is 4.47 Å². The molecule has 1 heterocycles. The van der Waals surface area contributed by atoms with Crippen molar-refractivity contribution in [1.29, 1.82) is 0 Å². The van der Waals surface area contributed by atoms with Crippen LogP contribution >= 0.6 is 22.9 Å². The number of fused-ring (bicyclic) bond motifs is 1. The number of hydrogen-bond acceptors (Lipinski definition) is 2. The molecular weight excluding hydrogens is 190 g/mol. The van der Waals surface area contributed by atoms with Crippen molar-refractivity contribution in [2.45, 2.75) is 13.8 Å². The largest absolute Gasteiger partial charge is 0.225 e. The zero-order valence-corrected chi connectivity index (χ0v) is 8.46. The second kappa shape index (κ2) is 2.71. The van der Waals surface area contributed by atoms with Gasteiger partial charge in [-0.15, -0.1) is 11.3 Å². The number of nitrogens with zero attached hydrogens (tertiary/aromatic N) is 1. The predicted molar refractivity (Wildman–Crippen MR) is 54.1 cm³/mol. The van der Waals surface area contributed by atoms with Crippen LogP contribution in [0.1, 0.15) is 11.1 Å². The molecule has 0 aliphatic rings. The topological polar surface area (TPSA) is 12.9 Å². The molecule has 0 amide bonds. The molecule has 62 valence electrons. The fourth-order valence-corrected chi connectivity index (χ4v) is 2.36. The smallest absolute Gasteiger partial charge is 0.184 e. The third-order valence-corrected chi connectivity index (χ3v) is 3.35. The van der Waals surface area contributed by atoms with Gasteiger partial charge in [-0.3, -0.25) is 0 Å². The summed E-state index contributed by atoms with van der Waals surface area (Å²) in [6, 6.07) is 4.09. The van der Waals surface area contributed by atoms with E-state index in [9.17, 15) is 0 Å². The van der Waals surface area contributed by atoms with Crippen LogP contribution in [0.15, 0.2) is 12.1 Å². The van der Waals surface area contributed by atoms with Crippen LogP contribution in [0.4, 0.5) is 0 Å². The Morgan fingerprint density at radius 1 is 1.33 bits per heavy atom. The molecule has 0 bridgehead atoms. The molecular formula is C9H8ClNS. The third kappa shape index (κ3) is 1.11. The first-order chi connectivity index (χ1) is 5.68. The van der Waals surface area contributed by atoms with Crippen molar-refractivity contribution >= 4 is 33.2 Å². The van der Waals surface area contributed by atoms with E-state index in [1.54, 1.807) is 11.3 Å². The van der Waals surface area contributed by atoms with Gasteiger partial charge in [-0.05, 0) is 31.0 Å². The lowest BCUT2D eigenvalue weighted by Crippen LogP contribution is -1.79. The highest BCUT2D eigenvalue weighted by Crippen LogP contribution is 2.29. The van der Waals surface area contributed by atoms with Crippen molar-refractivity contribution in [3.8, 4) is 0 Å². The first-order valence-corrected chi connectivity index (χ1v) is 4.90. The van der Waals surface area contributed by atoms with Crippen LogP contribution in [0.2, 0.25) is 4.47 Å². The van der Waals surface area contributed by atoms with Crippen LogP contribution in [0.5, 0.6) is 0 Å². The summed E-state index contributed by atoms with van der Waals surface area (Å²) >= 11 is 7.36. The van der Waals surface area contributed by atoms with Gasteiger partial charge < -0.3 is 0 Å².